The second-order valence-corrected chi connectivity index (χ2v) is 5.48. The highest BCUT2D eigenvalue weighted by molar-refractivity contribution is 5.20. The molecule has 0 amide bonds. The van der Waals surface area contributed by atoms with E-state index in [0.717, 1.165) is 37.1 Å². The van der Waals surface area contributed by atoms with Gasteiger partial charge < -0.3 is 10.5 Å². The van der Waals surface area contributed by atoms with Crippen molar-refractivity contribution in [3.8, 4) is 11.8 Å². The third-order valence-electron chi connectivity index (χ3n) is 3.75. The van der Waals surface area contributed by atoms with Gasteiger partial charge in [-0.25, -0.2) is 0 Å². The van der Waals surface area contributed by atoms with Crippen LogP contribution in [0.15, 0.2) is 18.3 Å². The molecule has 1 aliphatic rings. The van der Waals surface area contributed by atoms with Crippen molar-refractivity contribution < 1.29 is 4.74 Å². The summed E-state index contributed by atoms with van der Waals surface area (Å²) in [6.45, 7) is 2.70. The zero-order valence-electron chi connectivity index (χ0n) is 11.4. The molecule has 1 atom stereocenters. The molecule has 19 heavy (non-hydrogen) atoms. The summed E-state index contributed by atoms with van der Waals surface area (Å²) in [5, 5.41) is 8.75. The van der Waals surface area contributed by atoms with Gasteiger partial charge >= 0.3 is 0 Å². The first-order valence-corrected chi connectivity index (χ1v) is 6.88. The standard InChI is InChI=1S/C15H21N3O/c1-2-12(17)9-13-3-4-14(10-18-13)19-11-15(5-6-15)7-8-16/h3-4,10,12H,2,5-7,9,11,17H2,1H3. The summed E-state index contributed by atoms with van der Waals surface area (Å²) >= 11 is 0. The van der Waals surface area contributed by atoms with E-state index >= 15 is 0 Å². The summed E-state index contributed by atoms with van der Waals surface area (Å²) in [6, 6.07) is 6.31. The summed E-state index contributed by atoms with van der Waals surface area (Å²) in [7, 11) is 0. The SMILES string of the molecule is CCC(N)Cc1ccc(OCC2(CC#N)CC2)cn1. The van der Waals surface area contributed by atoms with Crippen LogP contribution in [0.3, 0.4) is 0 Å². The minimum atomic E-state index is 0.109. The fraction of sp³-hybridized carbons (Fsp3) is 0.600. The fourth-order valence-electron chi connectivity index (χ4n) is 1.98. The Bertz CT molecular complexity index is 445. The van der Waals surface area contributed by atoms with Gasteiger partial charge in [0.25, 0.3) is 0 Å². The molecule has 4 nitrogen and oxygen atoms in total. The van der Waals surface area contributed by atoms with Crippen LogP contribution in [0.4, 0.5) is 0 Å². The maximum Gasteiger partial charge on any atom is 0.137 e. The molecule has 0 spiro atoms. The van der Waals surface area contributed by atoms with E-state index in [1.165, 1.54) is 0 Å². The molecule has 1 fully saturated rings. The highest BCUT2D eigenvalue weighted by Gasteiger charge is 2.43. The van der Waals surface area contributed by atoms with Crippen molar-refractivity contribution in [3.05, 3.63) is 24.0 Å². The average molecular weight is 259 g/mol. The van der Waals surface area contributed by atoms with Crippen LogP contribution >= 0.6 is 0 Å². The average Bonchev–Trinajstić information content (AvgIpc) is 3.18. The van der Waals surface area contributed by atoms with Crippen molar-refractivity contribution in [2.45, 2.75) is 45.1 Å². The Morgan fingerprint density at radius 1 is 1.53 bits per heavy atom. The lowest BCUT2D eigenvalue weighted by atomic mass is 10.1. The number of ether oxygens (including phenoxy) is 1. The fourth-order valence-corrected chi connectivity index (χ4v) is 1.98. The first-order chi connectivity index (χ1) is 9.17. The molecule has 1 aromatic heterocycles. The first-order valence-electron chi connectivity index (χ1n) is 6.88. The number of pyridine rings is 1. The van der Waals surface area contributed by atoms with Crippen molar-refractivity contribution in [3.63, 3.8) is 0 Å². The van der Waals surface area contributed by atoms with Crippen molar-refractivity contribution in [2.24, 2.45) is 11.1 Å². The second kappa shape index (κ2) is 6.03. The summed E-state index contributed by atoms with van der Waals surface area (Å²) in [5.74, 6) is 0.776. The predicted octanol–water partition coefficient (Wildman–Crippen LogP) is 2.43. The van der Waals surface area contributed by atoms with Crippen LogP contribution in [-0.2, 0) is 6.42 Å². The van der Waals surface area contributed by atoms with E-state index in [1.54, 1.807) is 6.20 Å². The number of nitriles is 1. The molecule has 2 N–H and O–H groups in total. The largest absolute Gasteiger partial charge is 0.491 e. The number of aromatic nitrogens is 1. The Hall–Kier alpha value is -1.60. The molecule has 0 aliphatic heterocycles. The van der Waals surface area contributed by atoms with E-state index in [-0.39, 0.29) is 11.5 Å². The normalized spacial score (nSPS) is 17.5. The van der Waals surface area contributed by atoms with Crippen molar-refractivity contribution in [1.29, 1.82) is 5.26 Å². The van der Waals surface area contributed by atoms with Crippen molar-refractivity contribution in [1.82, 2.24) is 4.98 Å². The van der Waals surface area contributed by atoms with Gasteiger partial charge in [0.15, 0.2) is 0 Å². The van der Waals surface area contributed by atoms with E-state index in [0.29, 0.717) is 13.0 Å². The molecule has 1 aliphatic carbocycles. The van der Waals surface area contributed by atoms with Gasteiger partial charge in [0.1, 0.15) is 5.75 Å². The Kier molecular flexibility index (Phi) is 4.39. The molecule has 1 heterocycles. The molecular weight excluding hydrogens is 238 g/mol. The second-order valence-electron chi connectivity index (χ2n) is 5.48. The van der Waals surface area contributed by atoms with Gasteiger partial charge in [-0.3, -0.25) is 4.98 Å². The van der Waals surface area contributed by atoms with Crippen LogP contribution in [0, 0.1) is 16.7 Å². The number of nitrogens with zero attached hydrogens (tertiary/aromatic N) is 2. The van der Waals surface area contributed by atoms with Gasteiger partial charge in [-0.2, -0.15) is 5.26 Å². The molecule has 1 saturated carbocycles. The number of hydrogen-bond acceptors (Lipinski definition) is 4. The summed E-state index contributed by atoms with van der Waals surface area (Å²) < 4.78 is 5.73. The number of rotatable bonds is 7. The zero-order chi connectivity index (χ0) is 13.7. The van der Waals surface area contributed by atoms with E-state index in [1.807, 2.05) is 12.1 Å². The number of hydrogen-bond donors (Lipinski definition) is 1. The lowest BCUT2D eigenvalue weighted by molar-refractivity contribution is 0.236. The quantitative estimate of drug-likeness (QED) is 0.816. The van der Waals surface area contributed by atoms with Crippen LogP contribution in [0.1, 0.15) is 38.3 Å². The first kappa shape index (κ1) is 13.8. The van der Waals surface area contributed by atoms with Crippen LogP contribution in [0.25, 0.3) is 0 Å². The van der Waals surface area contributed by atoms with Gasteiger partial charge in [-0.05, 0) is 31.4 Å². The van der Waals surface area contributed by atoms with Crippen LogP contribution in [0.2, 0.25) is 0 Å². The molecule has 0 aromatic carbocycles. The zero-order valence-corrected chi connectivity index (χ0v) is 11.4. The molecule has 1 unspecified atom stereocenters. The van der Waals surface area contributed by atoms with E-state index in [2.05, 4.69) is 18.0 Å². The molecule has 1 aromatic rings. The van der Waals surface area contributed by atoms with Crippen LogP contribution < -0.4 is 10.5 Å². The minimum absolute atomic E-state index is 0.109. The van der Waals surface area contributed by atoms with Gasteiger partial charge in [0.2, 0.25) is 0 Å². The molecule has 102 valence electrons. The maximum absolute atomic E-state index is 8.75. The summed E-state index contributed by atoms with van der Waals surface area (Å²) in [4.78, 5) is 4.36. The Morgan fingerprint density at radius 3 is 2.84 bits per heavy atom. The predicted molar refractivity (Wildman–Crippen MR) is 73.6 cm³/mol. The Balaban J connectivity index is 1.84. The van der Waals surface area contributed by atoms with E-state index < -0.39 is 0 Å². The topological polar surface area (TPSA) is 71.9 Å². The maximum atomic E-state index is 8.75. The van der Waals surface area contributed by atoms with Crippen LogP contribution in [0.5, 0.6) is 5.75 Å². The molecular formula is C15H21N3O. The van der Waals surface area contributed by atoms with Crippen molar-refractivity contribution >= 4 is 0 Å². The summed E-state index contributed by atoms with van der Waals surface area (Å²) in [6.07, 6.45) is 6.28. The van der Waals surface area contributed by atoms with Gasteiger partial charge in [-0.1, -0.05) is 6.92 Å². The lowest BCUT2D eigenvalue weighted by Crippen LogP contribution is -2.21. The van der Waals surface area contributed by atoms with Gasteiger partial charge in [0, 0.05) is 30.0 Å². The molecule has 2 rings (SSSR count). The van der Waals surface area contributed by atoms with Crippen molar-refractivity contribution in [2.75, 3.05) is 6.61 Å². The molecule has 0 bridgehead atoms. The van der Waals surface area contributed by atoms with Crippen LogP contribution in [-0.4, -0.2) is 17.6 Å². The summed E-state index contributed by atoms with van der Waals surface area (Å²) in [5.41, 5.74) is 7.01. The molecule has 0 saturated heterocycles. The van der Waals surface area contributed by atoms with Gasteiger partial charge in [0.05, 0.1) is 18.9 Å². The third kappa shape index (κ3) is 3.93. The lowest BCUT2D eigenvalue weighted by Gasteiger charge is -2.13. The molecule has 4 heteroatoms. The molecule has 0 radical (unpaired) electrons. The minimum Gasteiger partial charge on any atom is -0.491 e. The third-order valence-corrected chi connectivity index (χ3v) is 3.75. The highest BCUT2D eigenvalue weighted by Crippen LogP contribution is 2.48. The van der Waals surface area contributed by atoms with E-state index in [9.17, 15) is 0 Å². The Labute approximate surface area is 114 Å². The van der Waals surface area contributed by atoms with E-state index in [4.69, 9.17) is 15.7 Å². The monoisotopic (exact) mass is 259 g/mol. The van der Waals surface area contributed by atoms with Gasteiger partial charge in [-0.15, -0.1) is 0 Å². The smallest absolute Gasteiger partial charge is 0.137 e. The highest BCUT2D eigenvalue weighted by atomic mass is 16.5. The number of nitrogens with two attached hydrogens (primary N) is 1. The Morgan fingerprint density at radius 2 is 2.32 bits per heavy atom.